The number of methoxy groups -OCH3 is 1. The Kier molecular flexibility index (Phi) is 2.99. The highest BCUT2D eigenvalue weighted by Crippen LogP contribution is 2.32. The van der Waals surface area contributed by atoms with Gasteiger partial charge in [0.2, 0.25) is 5.95 Å². The molecule has 0 unspecified atom stereocenters. The zero-order valence-corrected chi connectivity index (χ0v) is 11.8. The molecular weight excluding hydrogens is 264 g/mol. The molecule has 3 aromatic rings. The molecule has 0 aliphatic heterocycles. The summed E-state index contributed by atoms with van der Waals surface area (Å²) in [4.78, 5) is 4.42. The zero-order valence-electron chi connectivity index (χ0n) is 11.8. The van der Waals surface area contributed by atoms with Crippen LogP contribution in [0.4, 0.5) is 5.95 Å². The Morgan fingerprint density at radius 2 is 2.00 bits per heavy atom. The molecule has 0 aliphatic rings. The second-order valence-electron chi connectivity index (χ2n) is 4.72. The number of nitrogen functional groups attached to an aromatic ring is 1. The fraction of sp³-hybridized carbons (Fsp3) is 0.125. The molecule has 0 saturated carbocycles. The number of hydrogen-bond donors (Lipinski definition) is 1. The molecule has 2 aromatic carbocycles. The van der Waals surface area contributed by atoms with E-state index in [0.717, 1.165) is 16.6 Å². The molecule has 21 heavy (non-hydrogen) atoms. The topological polar surface area (TPSA) is 76.9 Å². The van der Waals surface area contributed by atoms with E-state index in [0.29, 0.717) is 22.9 Å². The summed E-state index contributed by atoms with van der Waals surface area (Å²) in [6, 6.07) is 13.3. The van der Waals surface area contributed by atoms with Crippen molar-refractivity contribution in [1.82, 2.24) is 9.55 Å². The van der Waals surface area contributed by atoms with Crippen molar-refractivity contribution in [3.63, 3.8) is 0 Å². The summed E-state index contributed by atoms with van der Waals surface area (Å²) in [6.45, 7) is 1.98. The number of aromatic nitrogens is 2. The van der Waals surface area contributed by atoms with Crippen LogP contribution in [0.3, 0.4) is 0 Å². The molecule has 3 rings (SSSR count). The lowest BCUT2D eigenvalue weighted by molar-refractivity contribution is 0.413. The van der Waals surface area contributed by atoms with Gasteiger partial charge < -0.3 is 10.5 Å². The minimum Gasteiger partial charge on any atom is -0.495 e. The van der Waals surface area contributed by atoms with Gasteiger partial charge in [0.15, 0.2) is 0 Å². The number of benzene rings is 2. The zero-order chi connectivity index (χ0) is 15.0. The van der Waals surface area contributed by atoms with E-state index in [1.165, 1.54) is 0 Å². The van der Waals surface area contributed by atoms with Crippen molar-refractivity contribution in [1.29, 1.82) is 5.26 Å². The lowest BCUT2D eigenvalue weighted by Crippen LogP contribution is -2.05. The van der Waals surface area contributed by atoms with E-state index in [2.05, 4.69) is 11.1 Å². The Morgan fingerprint density at radius 3 is 2.71 bits per heavy atom. The highest BCUT2D eigenvalue weighted by atomic mass is 16.5. The van der Waals surface area contributed by atoms with Gasteiger partial charge in [0.05, 0.1) is 23.7 Å². The van der Waals surface area contributed by atoms with Crippen LogP contribution in [-0.2, 0) is 0 Å². The molecular formula is C16H14N4O. The number of fused-ring (bicyclic) bond motifs is 1. The number of nitriles is 1. The number of ether oxygens (including phenoxy) is 1. The second-order valence-corrected chi connectivity index (χ2v) is 4.72. The van der Waals surface area contributed by atoms with Crippen molar-refractivity contribution >= 4 is 17.0 Å². The molecule has 0 bridgehead atoms. The summed E-state index contributed by atoms with van der Waals surface area (Å²) >= 11 is 0. The summed E-state index contributed by atoms with van der Waals surface area (Å²) < 4.78 is 7.15. The highest BCUT2D eigenvalue weighted by Gasteiger charge is 2.18. The van der Waals surface area contributed by atoms with Gasteiger partial charge >= 0.3 is 0 Å². The molecule has 0 radical (unpaired) electrons. The van der Waals surface area contributed by atoms with Crippen LogP contribution >= 0.6 is 0 Å². The third-order valence-corrected chi connectivity index (χ3v) is 3.48. The lowest BCUT2D eigenvalue weighted by atomic mass is 10.1. The standard InChI is InChI=1S/C16H14N4O/c1-10-5-3-7-12-14(10)19-16(18)20(12)15-11(9-17)6-4-8-13(15)21-2/h3-8H,1-2H3,(H2,18,19). The molecule has 5 nitrogen and oxygen atoms in total. The Morgan fingerprint density at radius 1 is 1.24 bits per heavy atom. The fourth-order valence-electron chi connectivity index (χ4n) is 2.50. The van der Waals surface area contributed by atoms with Crippen LogP contribution in [0.1, 0.15) is 11.1 Å². The van der Waals surface area contributed by atoms with E-state index in [4.69, 9.17) is 10.5 Å². The van der Waals surface area contributed by atoms with Gasteiger partial charge in [0.25, 0.3) is 0 Å². The van der Waals surface area contributed by atoms with Crippen LogP contribution in [0.5, 0.6) is 5.75 Å². The van der Waals surface area contributed by atoms with E-state index in [9.17, 15) is 5.26 Å². The van der Waals surface area contributed by atoms with Crippen molar-refractivity contribution < 1.29 is 4.74 Å². The molecule has 0 aliphatic carbocycles. The van der Waals surface area contributed by atoms with Crippen molar-refractivity contribution in [2.75, 3.05) is 12.8 Å². The van der Waals surface area contributed by atoms with Crippen molar-refractivity contribution in [3.05, 3.63) is 47.5 Å². The van der Waals surface area contributed by atoms with Gasteiger partial charge in [-0.3, -0.25) is 4.57 Å². The highest BCUT2D eigenvalue weighted by molar-refractivity contribution is 5.85. The number of anilines is 1. The predicted molar refractivity (Wildman–Crippen MR) is 81.5 cm³/mol. The third-order valence-electron chi connectivity index (χ3n) is 3.48. The van der Waals surface area contributed by atoms with Gasteiger partial charge in [0.1, 0.15) is 17.5 Å². The van der Waals surface area contributed by atoms with Gasteiger partial charge in [-0.05, 0) is 30.7 Å². The SMILES string of the molecule is COc1cccc(C#N)c1-n1c(N)nc2c(C)cccc21. The molecule has 0 fully saturated rings. The third kappa shape index (κ3) is 1.89. The smallest absolute Gasteiger partial charge is 0.206 e. The summed E-state index contributed by atoms with van der Waals surface area (Å²) in [5, 5.41) is 9.37. The van der Waals surface area contributed by atoms with Crippen LogP contribution in [-0.4, -0.2) is 16.7 Å². The molecule has 1 aromatic heterocycles. The summed E-state index contributed by atoms with van der Waals surface area (Å²) in [7, 11) is 1.57. The Balaban J connectivity index is 2.45. The first-order valence-electron chi connectivity index (χ1n) is 6.48. The monoisotopic (exact) mass is 278 g/mol. The van der Waals surface area contributed by atoms with Crippen LogP contribution in [0.2, 0.25) is 0 Å². The van der Waals surface area contributed by atoms with Crippen LogP contribution in [0.25, 0.3) is 16.7 Å². The van der Waals surface area contributed by atoms with E-state index in [1.807, 2.05) is 25.1 Å². The van der Waals surface area contributed by atoms with E-state index < -0.39 is 0 Å². The largest absolute Gasteiger partial charge is 0.495 e. The van der Waals surface area contributed by atoms with Gasteiger partial charge in [0, 0.05) is 0 Å². The Bertz CT molecular complexity index is 874. The number of imidazole rings is 1. The molecule has 1 heterocycles. The number of nitrogens with zero attached hydrogens (tertiary/aromatic N) is 3. The molecule has 2 N–H and O–H groups in total. The summed E-state index contributed by atoms with van der Waals surface area (Å²) in [5.74, 6) is 0.918. The average Bonchev–Trinajstić information content (AvgIpc) is 2.83. The first-order chi connectivity index (χ1) is 10.2. The van der Waals surface area contributed by atoms with Gasteiger partial charge in [-0.15, -0.1) is 0 Å². The minimum atomic E-state index is 0.334. The molecule has 0 spiro atoms. The molecule has 0 saturated heterocycles. The number of hydrogen-bond acceptors (Lipinski definition) is 4. The molecule has 0 amide bonds. The van der Waals surface area contributed by atoms with E-state index >= 15 is 0 Å². The fourth-order valence-corrected chi connectivity index (χ4v) is 2.50. The average molecular weight is 278 g/mol. The van der Waals surface area contributed by atoms with Gasteiger partial charge in [-0.25, -0.2) is 4.98 Å². The van der Waals surface area contributed by atoms with E-state index in [-0.39, 0.29) is 0 Å². The molecule has 0 atom stereocenters. The quantitative estimate of drug-likeness (QED) is 0.782. The van der Waals surface area contributed by atoms with Gasteiger partial charge in [-0.1, -0.05) is 18.2 Å². The van der Waals surface area contributed by atoms with E-state index in [1.54, 1.807) is 29.9 Å². The van der Waals surface area contributed by atoms with Crippen molar-refractivity contribution in [3.8, 4) is 17.5 Å². The van der Waals surface area contributed by atoms with Gasteiger partial charge in [-0.2, -0.15) is 5.26 Å². The number of para-hydroxylation sites is 2. The van der Waals surface area contributed by atoms with Crippen LogP contribution in [0.15, 0.2) is 36.4 Å². The second kappa shape index (κ2) is 4.84. The predicted octanol–water partition coefficient (Wildman–Crippen LogP) is 2.80. The van der Waals surface area contributed by atoms with Crippen LogP contribution < -0.4 is 10.5 Å². The maximum atomic E-state index is 9.37. The maximum absolute atomic E-state index is 9.37. The van der Waals surface area contributed by atoms with Crippen molar-refractivity contribution in [2.45, 2.75) is 6.92 Å². The summed E-state index contributed by atoms with van der Waals surface area (Å²) in [5.41, 5.74) is 9.91. The number of nitrogens with two attached hydrogens (primary N) is 1. The Labute approximate surface area is 122 Å². The number of aryl methyl sites for hydroxylation is 1. The normalized spacial score (nSPS) is 10.5. The maximum Gasteiger partial charge on any atom is 0.206 e. The lowest BCUT2D eigenvalue weighted by Gasteiger charge is -2.13. The molecule has 5 heteroatoms. The first-order valence-corrected chi connectivity index (χ1v) is 6.48. The van der Waals surface area contributed by atoms with Crippen molar-refractivity contribution in [2.24, 2.45) is 0 Å². The number of rotatable bonds is 2. The first kappa shape index (κ1) is 13.0. The van der Waals surface area contributed by atoms with Crippen LogP contribution in [0, 0.1) is 18.3 Å². The summed E-state index contributed by atoms with van der Waals surface area (Å²) in [6.07, 6.45) is 0. The molecule has 104 valence electrons. The minimum absolute atomic E-state index is 0.334. The Hall–Kier alpha value is -3.00.